The van der Waals surface area contributed by atoms with Crippen LogP contribution in [0.3, 0.4) is 0 Å². The van der Waals surface area contributed by atoms with E-state index in [4.69, 9.17) is 4.74 Å². The van der Waals surface area contributed by atoms with Crippen LogP contribution in [0.1, 0.15) is 11.3 Å². The van der Waals surface area contributed by atoms with Crippen molar-refractivity contribution in [1.29, 1.82) is 0 Å². The molecule has 0 saturated carbocycles. The Bertz CT molecular complexity index is 386. The molecule has 0 spiro atoms. The van der Waals surface area contributed by atoms with Crippen LogP contribution in [0.4, 0.5) is 0 Å². The van der Waals surface area contributed by atoms with Gasteiger partial charge in [-0.1, -0.05) is 0 Å². The summed E-state index contributed by atoms with van der Waals surface area (Å²) in [5.41, 5.74) is 1.64. The summed E-state index contributed by atoms with van der Waals surface area (Å²) in [5, 5.41) is 3.26. The summed E-state index contributed by atoms with van der Waals surface area (Å²) in [6.45, 7) is 1.78. The fourth-order valence-corrected chi connectivity index (χ4v) is 1.71. The summed E-state index contributed by atoms with van der Waals surface area (Å²) in [5.74, 6) is 0.465. The van der Waals surface area contributed by atoms with Gasteiger partial charge in [-0.25, -0.2) is 4.79 Å². The average Bonchev–Trinajstić information content (AvgIpc) is 2.41. The Morgan fingerprint density at radius 2 is 2.14 bits per heavy atom. The van der Waals surface area contributed by atoms with Crippen LogP contribution in [0.25, 0.3) is 0 Å². The first-order valence-corrected chi connectivity index (χ1v) is 4.68. The van der Waals surface area contributed by atoms with Crippen LogP contribution < -0.4 is 15.7 Å². The second-order valence-electron chi connectivity index (χ2n) is 3.26. The zero-order chi connectivity index (χ0) is 9.97. The van der Waals surface area contributed by atoms with Crippen molar-refractivity contribution in [1.82, 2.24) is 15.3 Å². The van der Waals surface area contributed by atoms with Gasteiger partial charge in [0, 0.05) is 24.2 Å². The monoisotopic (exact) mass is 195 g/mol. The van der Waals surface area contributed by atoms with Gasteiger partial charge in [-0.05, 0) is 13.0 Å². The Morgan fingerprint density at radius 3 is 2.93 bits per heavy atom. The minimum absolute atomic E-state index is 0.331. The first kappa shape index (κ1) is 9.21. The van der Waals surface area contributed by atoms with Gasteiger partial charge in [0.1, 0.15) is 0 Å². The molecule has 76 valence electrons. The van der Waals surface area contributed by atoms with E-state index in [9.17, 15) is 4.79 Å². The highest BCUT2D eigenvalue weighted by atomic mass is 16.5. The molecule has 5 nitrogen and oxygen atoms in total. The number of rotatable bonds is 1. The number of H-pyrrole nitrogens is 1. The van der Waals surface area contributed by atoms with Crippen molar-refractivity contribution in [2.24, 2.45) is 0 Å². The fraction of sp³-hybridized carbons (Fsp3) is 0.556. The molecule has 1 aromatic heterocycles. The molecule has 2 heterocycles. The van der Waals surface area contributed by atoms with E-state index >= 15 is 0 Å². The lowest BCUT2D eigenvalue weighted by atomic mass is 10.1. The molecule has 2 N–H and O–H groups in total. The lowest BCUT2D eigenvalue weighted by molar-refractivity contribution is 0.388. The zero-order valence-corrected chi connectivity index (χ0v) is 8.09. The second kappa shape index (κ2) is 3.79. The largest absolute Gasteiger partial charge is 0.481 e. The number of nitrogens with one attached hydrogen (secondary N) is 2. The predicted molar refractivity (Wildman–Crippen MR) is 51.7 cm³/mol. The minimum Gasteiger partial charge on any atom is -0.481 e. The molecule has 0 unspecified atom stereocenters. The molecule has 2 rings (SSSR count). The van der Waals surface area contributed by atoms with E-state index in [1.807, 2.05) is 0 Å². The number of fused-ring (bicyclic) bond motifs is 1. The molecule has 1 aliphatic heterocycles. The summed E-state index contributed by atoms with van der Waals surface area (Å²) in [6.07, 6.45) is 1.67. The highest BCUT2D eigenvalue weighted by molar-refractivity contribution is 5.31. The quantitative estimate of drug-likeness (QED) is 0.632. The third-order valence-corrected chi connectivity index (χ3v) is 2.38. The van der Waals surface area contributed by atoms with Crippen molar-refractivity contribution < 1.29 is 4.74 Å². The molecule has 0 atom stereocenters. The maximum atomic E-state index is 11.2. The van der Waals surface area contributed by atoms with Gasteiger partial charge in [0.15, 0.2) is 0 Å². The molecular formula is C9H13N3O2. The van der Waals surface area contributed by atoms with Crippen LogP contribution in [-0.4, -0.2) is 30.2 Å². The molecule has 1 aliphatic rings. The van der Waals surface area contributed by atoms with Crippen molar-refractivity contribution in [3.63, 3.8) is 0 Å². The standard InChI is InChI=1S/C9H13N3O2/c1-14-8-6-2-4-10-5-3-7(6)11-9(13)12-8/h10H,2-5H2,1H3,(H,11,12,13). The van der Waals surface area contributed by atoms with Crippen LogP contribution in [-0.2, 0) is 12.8 Å². The summed E-state index contributed by atoms with van der Waals surface area (Å²) in [4.78, 5) is 17.7. The third kappa shape index (κ3) is 1.63. The van der Waals surface area contributed by atoms with E-state index < -0.39 is 0 Å². The van der Waals surface area contributed by atoms with Crippen LogP contribution in [0, 0.1) is 0 Å². The molecule has 0 fully saturated rings. The number of hydrogen-bond acceptors (Lipinski definition) is 4. The van der Waals surface area contributed by atoms with Gasteiger partial charge < -0.3 is 15.0 Å². The molecule has 0 bridgehead atoms. The maximum absolute atomic E-state index is 11.2. The molecule has 14 heavy (non-hydrogen) atoms. The van der Waals surface area contributed by atoms with Crippen molar-refractivity contribution in [3.05, 3.63) is 21.7 Å². The first-order valence-electron chi connectivity index (χ1n) is 4.68. The van der Waals surface area contributed by atoms with Crippen molar-refractivity contribution in [3.8, 4) is 5.88 Å². The average molecular weight is 195 g/mol. The summed E-state index contributed by atoms with van der Waals surface area (Å²) in [6, 6.07) is 0. The molecule has 0 saturated heterocycles. The van der Waals surface area contributed by atoms with Crippen molar-refractivity contribution >= 4 is 0 Å². The number of hydrogen-bond donors (Lipinski definition) is 2. The highest BCUT2D eigenvalue weighted by Crippen LogP contribution is 2.17. The van der Waals surface area contributed by atoms with Crippen LogP contribution >= 0.6 is 0 Å². The fourth-order valence-electron chi connectivity index (χ4n) is 1.71. The van der Waals surface area contributed by atoms with E-state index in [2.05, 4.69) is 15.3 Å². The summed E-state index contributed by atoms with van der Waals surface area (Å²) < 4.78 is 5.09. The van der Waals surface area contributed by atoms with E-state index in [1.165, 1.54) is 0 Å². The van der Waals surface area contributed by atoms with Crippen LogP contribution in [0.2, 0.25) is 0 Å². The van der Waals surface area contributed by atoms with E-state index in [1.54, 1.807) is 7.11 Å². The molecular weight excluding hydrogens is 182 g/mol. The maximum Gasteiger partial charge on any atom is 0.348 e. The van der Waals surface area contributed by atoms with Gasteiger partial charge in [0.25, 0.3) is 0 Å². The van der Waals surface area contributed by atoms with Gasteiger partial charge >= 0.3 is 5.69 Å². The lowest BCUT2D eigenvalue weighted by Crippen LogP contribution is -2.17. The SMILES string of the molecule is COc1nc(=O)[nH]c2c1CCNCC2. The number of nitrogens with zero attached hydrogens (tertiary/aromatic N) is 1. The molecule has 0 amide bonds. The van der Waals surface area contributed by atoms with Crippen LogP contribution in [0.15, 0.2) is 4.79 Å². The summed E-state index contributed by atoms with van der Waals surface area (Å²) in [7, 11) is 1.54. The van der Waals surface area contributed by atoms with Gasteiger partial charge in [-0.15, -0.1) is 0 Å². The summed E-state index contributed by atoms with van der Waals surface area (Å²) >= 11 is 0. The topological polar surface area (TPSA) is 67.0 Å². The van der Waals surface area contributed by atoms with Gasteiger partial charge in [0.2, 0.25) is 5.88 Å². The van der Waals surface area contributed by atoms with Crippen LogP contribution in [0.5, 0.6) is 5.88 Å². The first-order chi connectivity index (χ1) is 6.81. The van der Waals surface area contributed by atoms with E-state index in [-0.39, 0.29) is 5.69 Å². The Hall–Kier alpha value is -1.36. The van der Waals surface area contributed by atoms with Crippen molar-refractivity contribution in [2.45, 2.75) is 12.8 Å². The normalized spacial score (nSPS) is 15.8. The van der Waals surface area contributed by atoms with Gasteiger partial charge in [0.05, 0.1) is 7.11 Å². The van der Waals surface area contributed by atoms with E-state index in [0.29, 0.717) is 5.88 Å². The highest BCUT2D eigenvalue weighted by Gasteiger charge is 2.14. The van der Waals surface area contributed by atoms with Gasteiger partial charge in [-0.2, -0.15) is 4.98 Å². The Morgan fingerprint density at radius 1 is 1.36 bits per heavy atom. The Balaban J connectivity index is 2.52. The van der Waals surface area contributed by atoms with E-state index in [0.717, 1.165) is 37.2 Å². The van der Waals surface area contributed by atoms with Crippen molar-refractivity contribution in [2.75, 3.05) is 20.2 Å². The molecule has 0 radical (unpaired) electrons. The number of methoxy groups -OCH3 is 1. The Labute approximate surface area is 81.5 Å². The minimum atomic E-state index is -0.331. The molecule has 0 aliphatic carbocycles. The number of ether oxygens (including phenoxy) is 1. The Kier molecular flexibility index (Phi) is 2.49. The van der Waals surface area contributed by atoms with Gasteiger partial charge in [-0.3, -0.25) is 0 Å². The lowest BCUT2D eigenvalue weighted by Gasteiger charge is -2.08. The third-order valence-electron chi connectivity index (χ3n) is 2.38. The molecule has 5 heteroatoms. The zero-order valence-electron chi connectivity index (χ0n) is 8.09. The predicted octanol–water partition coefficient (Wildman–Crippen LogP) is -0.533. The smallest absolute Gasteiger partial charge is 0.348 e. The number of aromatic nitrogens is 2. The second-order valence-corrected chi connectivity index (χ2v) is 3.26. The molecule has 0 aromatic carbocycles. The molecule has 1 aromatic rings. The number of aromatic amines is 1.